The molecule has 3 aromatic carbocycles. The van der Waals surface area contributed by atoms with Crippen LogP contribution < -0.4 is 10.6 Å². The molecule has 0 radical (unpaired) electrons. The molecule has 4 aromatic rings. The van der Waals surface area contributed by atoms with Crippen LogP contribution in [0.5, 0.6) is 0 Å². The van der Waals surface area contributed by atoms with Gasteiger partial charge in [0.25, 0.3) is 11.9 Å². The average Bonchev–Trinajstić information content (AvgIpc) is 3.22. The number of nitrogens with zero attached hydrogens (tertiary/aromatic N) is 3. The summed E-state index contributed by atoms with van der Waals surface area (Å²) >= 11 is 6.39. The van der Waals surface area contributed by atoms with Crippen LogP contribution in [0.25, 0.3) is 5.70 Å². The predicted octanol–water partition coefficient (Wildman–Crippen LogP) is 5.69. The van der Waals surface area contributed by atoms with E-state index in [2.05, 4.69) is 20.7 Å². The number of aromatic nitrogens is 3. The highest BCUT2D eigenvalue weighted by atomic mass is 35.5. The van der Waals surface area contributed by atoms with Gasteiger partial charge in [-0.2, -0.15) is 4.98 Å². The van der Waals surface area contributed by atoms with Gasteiger partial charge in [0, 0.05) is 21.8 Å². The first-order valence-electron chi connectivity index (χ1n) is 10.3. The molecule has 0 fully saturated rings. The van der Waals surface area contributed by atoms with Crippen molar-refractivity contribution in [2.75, 3.05) is 10.6 Å². The van der Waals surface area contributed by atoms with E-state index in [9.17, 15) is 9.18 Å². The van der Waals surface area contributed by atoms with Gasteiger partial charge in [-0.25, -0.2) is 9.07 Å². The van der Waals surface area contributed by atoms with Crippen LogP contribution in [0, 0.1) is 12.7 Å². The summed E-state index contributed by atoms with van der Waals surface area (Å²) in [7, 11) is 0. The summed E-state index contributed by atoms with van der Waals surface area (Å²) in [5.74, 6) is -0.334. The minimum absolute atomic E-state index is 0.0994. The van der Waals surface area contributed by atoms with Crippen LogP contribution in [0.3, 0.4) is 0 Å². The second-order valence-corrected chi connectivity index (χ2v) is 8.08. The first kappa shape index (κ1) is 20.9. The molecule has 2 heterocycles. The highest BCUT2D eigenvalue weighted by Crippen LogP contribution is 2.37. The van der Waals surface area contributed by atoms with Gasteiger partial charge in [-0.05, 0) is 42.8 Å². The molecule has 1 amide bonds. The van der Waals surface area contributed by atoms with Crippen molar-refractivity contribution in [2.45, 2.75) is 13.0 Å². The topological polar surface area (TPSA) is 71.8 Å². The summed E-state index contributed by atoms with van der Waals surface area (Å²) in [5, 5.41) is 10.7. The van der Waals surface area contributed by atoms with E-state index < -0.39 is 11.9 Å². The minimum atomic E-state index is -0.666. The Bertz CT molecular complexity index is 1350. The Hall–Kier alpha value is -3.97. The zero-order valence-corrected chi connectivity index (χ0v) is 18.3. The van der Waals surface area contributed by atoms with Gasteiger partial charge in [0.2, 0.25) is 5.95 Å². The molecule has 0 saturated carbocycles. The van der Waals surface area contributed by atoms with E-state index in [1.807, 2.05) is 43.3 Å². The molecule has 0 aliphatic carbocycles. The maximum atomic E-state index is 14.9. The number of nitrogens with one attached hydrogen (secondary N) is 2. The number of allylic oxidation sites excluding steroid dienone is 1. The van der Waals surface area contributed by atoms with Crippen LogP contribution >= 0.6 is 11.6 Å². The van der Waals surface area contributed by atoms with Crippen molar-refractivity contribution in [3.8, 4) is 0 Å². The number of rotatable bonds is 4. The number of aryl methyl sites for hydroxylation is 1. The van der Waals surface area contributed by atoms with Crippen LogP contribution in [-0.2, 0) is 0 Å². The molecule has 8 heteroatoms. The zero-order valence-electron chi connectivity index (χ0n) is 17.6. The molecule has 0 bridgehead atoms. The predicted molar refractivity (Wildman–Crippen MR) is 127 cm³/mol. The van der Waals surface area contributed by atoms with Crippen LogP contribution in [0.15, 0.2) is 78.9 Å². The number of hydrogen-bond acceptors (Lipinski definition) is 4. The lowest BCUT2D eigenvalue weighted by Crippen LogP contribution is -2.21. The second-order valence-electron chi connectivity index (χ2n) is 7.68. The summed E-state index contributed by atoms with van der Waals surface area (Å²) in [4.78, 5) is 17.0. The maximum Gasteiger partial charge on any atom is 0.258 e. The first-order chi connectivity index (χ1) is 16.0. The molecule has 1 aromatic heterocycles. The molecular weight excluding hydrogens is 441 g/mol. The molecule has 0 unspecified atom stereocenters. The van der Waals surface area contributed by atoms with Gasteiger partial charge in [-0.1, -0.05) is 65.7 Å². The summed E-state index contributed by atoms with van der Waals surface area (Å²) in [6.07, 6.45) is 1.85. The van der Waals surface area contributed by atoms with Gasteiger partial charge in [0.1, 0.15) is 11.9 Å². The van der Waals surface area contributed by atoms with Gasteiger partial charge in [-0.15, -0.1) is 5.10 Å². The Morgan fingerprint density at radius 2 is 1.82 bits per heavy atom. The summed E-state index contributed by atoms with van der Waals surface area (Å²) in [5.41, 5.74) is 3.52. The van der Waals surface area contributed by atoms with E-state index in [-0.39, 0.29) is 22.4 Å². The molecule has 0 spiro atoms. The van der Waals surface area contributed by atoms with E-state index in [0.717, 1.165) is 16.8 Å². The number of fused-ring (bicyclic) bond motifs is 1. The molecule has 1 aliphatic rings. The number of carbonyl (C=O) groups excluding carboxylic acids is 1. The number of benzene rings is 3. The largest absolute Gasteiger partial charge is 0.324 e. The standard InChI is InChI=1S/C25H19ClFN5O/c1-15-10-12-16(13-11-15)20-14-21(22-18(26)8-5-9-19(22)27)32-25(28-20)30-24(31-32)29-23(33)17-6-3-2-4-7-17/h2-14,21H,1H3,(H2,28,29,30,31,33)/t21-/m1/s1. The number of anilines is 2. The molecule has 5 rings (SSSR count). The van der Waals surface area contributed by atoms with Crippen molar-refractivity contribution in [2.24, 2.45) is 0 Å². The molecule has 1 aliphatic heterocycles. The number of hydrogen-bond donors (Lipinski definition) is 2. The highest BCUT2D eigenvalue weighted by Gasteiger charge is 2.29. The summed E-state index contributed by atoms with van der Waals surface area (Å²) < 4.78 is 16.4. The molecular formula is C25H19ClFN5O. The monoisotopic (exact) mass is 459 g/mol. The van der Waals surface area contributed by atoms with Crippen molar-refractivity contribution in [3.63, 3.8) is 0 Å². The third-order valence-electron chi connectivity index (χ3n) is 5.39. The molecule has 0 saturated heterocycles. The highest BCUT2D eigenvalue weighted by molar-refractivity contribution is 6.31. The van der Waals surface area contributed by atoms with E-state index in [1.54, 1.807) is 36.4 Å². The van der Waals surface area contributed by atoms with Gasteiger partial charge in [0.05, 0.1) is 0 Å². The zero-order chi connectivity index (χ0) is 22.9. The lowest BCUT2D eigenvalue weighted by Gasteiger charge is -2.25. The fourth-order valence-corrected chi connectivity index (χ4v) is 3.98. The maximum absolute atomic E-state index is 14.9. The number of carbonyl (C=O) groups is 1. The van der Waals surface area contributed by atoms with Gasteiger partial charge in [0.15, 0.2) is 0 Å². The summed E-state index contributed by atoms with van der Waals surface area (Å²) in [6, 6.07) is 20.6. The van der Waals surface area contributed by atoms with E-state index in [4.69, 9.17) is 11.6 Å². The Morgan fingerprint density at radius 1 is 1.06 bits per heavy atom. The molecule has 1 atom stereocenters. The SMILES string of the molecule is Cc1ccc(C2=C[C@H](c3c(F)cccc3Cl)n3nc(NC(=O)c4ccccc4)nc3N2)cc1. The first-order valence-corrected chi connectivity index (χ1v) is 10.7. The van der Waals surface area contributed by atoms with Gasteiger partial charge in [-0.3, -0.25) is 10.1 Å². The molecule has 164 valence electrons. The van der Waals surface area contributed by atoms with Crippen molar-refractivity contribution < 1.29 is 9.18 Å². The normalized spacial score (nSPS) is 14.8. The van der Waals surface area contributed by atoms with Crippen molar-refractivity contribution in [3.05, 3.63) is 112 Å². The quantitative estimate of drug-likeness (QED) is 0.411. The van der Waals surface area contributed by atoms with E-state index in [1.165, 1.54) is 10.7 Å². The van der Waals surface area contributed by atoms with Crippen LogP contribution in [0.4, 0.5) is 16.3 Å². The van der Waals surface area contributed by atoms with Crippen molar-refractivity contribution in [1.29, 1.82) is 0 Å². The smallest absolute Gasteiger partial charge is 0.258 e. The third-order valence-corrected chi connectivity index (χ3v) is 5.71. The minimum Gasteiger partial charge on any atom is -0.324 e. The molecule has 33 heavy (non-hydrogen) atoms. The Labute approximate surface area is 194 Å². The van der Waals surface area contributed by atoms with Gasteiger partial charge >= 0.3 is 0 Å². The van der Waals surface area contributed by atoms with E-state index in [0.29, 0.717) is 11.5 Å². The lowest BCUT2D eigenvalue weighted by atomic mass is 10.0. The van der Waals surface area contributed by atoms with E-state index >= 15 is 0 Å². The Kier molecular flexibility index (Phi) is 5.40. The Balaban J connectivity index is 1.56. The van der Waals surface area contributed by atoms with Gasteiger partial charge < -0.3 is 5.32 Å². The number of amides is 1. The third kappa shape index (κ3) is 4.10. The lowest BCUT2D eigenvalue weighted by molar-refractivity contribution is 0.102. The Morgan fingerprint density at radius 3 is 2.55 bits per heavy atom. The molecule has 6 nitrogen and oxygen atoms in total. The molecule has 2 N–H and O–H groups in total. The second kappa shape index (κ2) is 8.52. The average molecular weight is 460 g/mol. The fourth-order valence-electron chi connectivity index (χ4n) is 3.71. The fraction of sp³-hybridized carbons (Fsp3) is 0.0800. The van der Waals surface area contributed by atoms with Crippen LogP contribution in [-0.4, -0.2) is 20.7 Å². The van der Waals surface area contributed by atoms with Crippen LogP contribution in [0.1, 0.15) is 33.1 Å². The summed E-state index contributed by atoms with van der Waals surface area (Å²) in [6.45, 7) is 2.01. The number of halogens is 2. The van der Waals surface area contributed by atoms with Crippen molar-refractivity contribution in [1.82, 2.24) is 14.8 Å². The van der Waals surface area contributed by atoms with Crippen molar-refractivity contribution >= 4 is 35.1 Å². The van der Waals surface area contributed by atoms with Crippen LogP contribution in [0.2, 0.25) is 5.02 Å².